The predicted octanol–water partition coefficient (Wildman–Crippen LogP) is 1.88. The van der Waals surface area contributed by atoms with E-state index >= 15 is 0 Å². The summed E-state index contributed by atoms with van der Waals surface area (Å²) in [5.41, 5.74) is 4.91. The van der Waals surface area contributed by atoms with Crippen molar-refractivity contribution in [2.24, 2.45) is 14.1 Å². The van der Waals surface area contributed by atoms with E-state index in [4.69, 9.17) is 0 Å². The van der Waals surface area contributed by atoms with Crippen LogP contribution in [0.3, 0.4) is 0 Å². The summed E-state index contributed by atoms with van der Waals surface area (Å²) in [5, 5.41) is 12.3. The van der Waals surface area contributed by atoms with Crippen LogP contribution in [0, 0.1) is 6.92 Å². The molecule has 0 fully saturated rings. The third-order valence-corrected chi connectivity index (χ3v) is 3.67. The fourth-order valence-corrected chi connectivity index (χ4v) is 2.34. The number of aromatic nitrogens is 4. The van der Waals surface area contributed by atoms with Gasteiger partial charge in [-0.1, -0.05) is 6.92 Å². The average Bonchev–Trinajstić information content (AvgIpc) is 2.91. The zero-order chi connectivity index (χ0) is 14.0. The first-order valence-electron chi connectivity index (χ1n) is 6.76. The Morgan fingerprint density at radius 3 is 2.68 bits per heavy atom. The molecule has 2 aromatic rings. The third kappa shape index (κ3) is 2.87. The molecule has 0 spiro atoms. The van der Waals surface area contributed by atoms with Gasteiger partial charge >= 0.3 is 0 Å². The van der Waals surface area contributed by atoms with E-state index in [-0.39, 0.29) is 0 Å². The van der Waals surface area contributed by atoms with E-state index in [1.54, 1.807) is 0 Å². The highest BCUT2D eigenvalue weighted by Crippen LogP contribution is 2.17. The molecule has 0 bridgehead atoms. The Hall–Kier alpha value is -1.62. The molecule has 1 unspecified atom stereocenters. The molecule has 2 heterocycles. The van der Waals surface area contributed by atoms with Crippen LogP contribution in [0.2, 0.25) is 0 Å². The average molecular weight is 261 g/mol. The molecule has 2 aromatic heterocycles. The van der Waals surface area contributed by atoms with Crippen LogP contribution in [0.4, 0.5) is 0 Å². The number of aryl methyl sites for hydroxylation is 3. The molecule has 1 N–H and O–H groups in total. The van der Waals surface area contributed by atoms with Gasteiger partial charge in [0, 0.05) is 49.7 Å². The minimum Gasteiger partial charge on any atom is -0.306 e. The molecule has 0 saturated carbocycles. The van der Waals surface area contributed by atoms with Crippen molar-refractivity contribution in [2.75, 3.05) is 0 Å². The van der Waals surface area contributed by atoms with Crippen molar-refractivity contribution in [3.8, 4) is 0 Å². The van der Waals surface area contributed by atoms with Gasteiger partial charge in [-0.15, -0.1) is 0 Å². The van der Waals surface area contributed by atoms with Gasteiger partial charge in [-0.25, -0.2) is 0 Å². The van der Waals surface area contributed by atoms with Gasteiger partial charge in [0.1, 0.15) is 0 Å². The fraction of sp³-hybridized carbons (Fsp3) is 0.571. The van der Waals surface area contributed by atoms with Gasteiger partial charge in [-0.3, -0.25) is 9.36 Å². The second-order valence-electron chi connectivity index (χ2n) is 5.04. The normalized spacial score (nSPS) is 12.9. The molecule has 0 aliphatic rings. The first-order valence-corrected chi connectivity index (χ1v) is 6.76. The first kappa shape index (κ1) is 13.8. The van der Waals surface area contributed by atoms with Crippen LogP contribution < -0.4 is 5.32 Å². The third-order valence-electron chi connectivity index (χ3n) is 3.67. The van der Waals surface area contributed by atoms with E-state index in [0.717, 1.165) is 13.0 Å². The largest absolute Gasteiger partial charge is 0.306 e. The lowest BCUT2D eigenvalue weighted by molar-refractivity contribution is 0.568. The van der Waals surface area contributed by atoms with E-state index in [2.05, 4.69) is 42.5 Å². The van der Waals surface area contributed by atoms with Crippen molar-refractivity contribution in [2.45, 2.75) is 39.8 Å². The summed E-state index contributed by atoms with van der Waals surface area (Å²) in [7, 11) is 3.94. The molecule has 0 amide bonds. The van der Waals surface area contributed by atoms with Gasteiger partial charge < -0.3 is 5.32 Å². The maximum Gasteiger partial charge on any atom is 0.0666 e. The maximum absolute atomic E-state index is 4.46. The standard InChI is InChI=1S/C14H23N5/c1-6-14-12(9-18(4)17-14)7-15-10(2)13-8-16-19(5)11(13)3/h8-10,15H,6-7H2,1-5H3. The molecule has 0 aliphatic heterocycles. The monoisotopic (exact) mass is 261 g/mol. The number of hydrogen-bond donors (Lipinski definition) is 1. The summed E-state index contributed by atoms with van der Waals surface area (Å²) >= 11 is 0. The molecule has 0 aliphatic carbocycles. The van der Waals surface area contributed by atoms with Crippen molar-refractivity contribution in [1.29, 1.82) is 0 Å². The van der Waals surface area contributed by atoms with Crippen molar-refractivity contribution < 1.29 is 0 Å². The fourth-order valence-electron chi connectivity index (χ4n) is 2.34. The summed E-state index contributed by atoms with van der Waals surface area (Å²) in [5.74, 6) is 0. The van der Waals surface area contributed by atoms with E-state index in [0.29, 0.717) is 6.04 Å². The topological polar surface area (TPSA) is 47.7 Å². The summed E-state index contributed by atoms with van der Waals surface area (Å²) in [6, 6.07) is 0.290. The van der Waals surface area contributed by atoms with Crippen LogP contribution in [0.25, 0.3) is 0 Å². The van der Waals surface area contributed by atoms with Crippen LogP contribution in [-0.4, -0.2) is 19.6 Å². The van der Waals surface area contributed by atoms with E-state index in [1.165, 1.54) is 22.5 Å². The lowest BCUT2D eigenvalue weighted by Crippen LogP contribution is -2.19. The Labute approximate surface area is 114 Å². The smallest absolute Gasteiger partial charge is 0.0666 e. The van der Waals surface area contributed by atoms with Gasteiger partial charge in [0.05, 0.1) is 11.9 Å². The molecular formula is C14H23N5. The highest BCUT2D eigenvalue weighted by molar-refractivity contribution is 5.21. The van der Waals surface area contributed by atoms with Gasteiger partial charge in [-0.05, 0) is 20.3 Å². The SMILES string of the molecule is CCc1nn(C)cc1CNC(C)c1cnn(C)c1C. The Kier molecular flexibility index (Phi) is 4.04. The second-order valence-corrected chi connectivity index (χ2v) is 5.04. The van der Waals surface area contributed by atoms with Crippen LogP contribution in [0.15, 0.2) is 12.4 Å². The predicted molar refractivity (Wildman–Crippen MR) is 75.8 cm³/mol. The molecule has 0 saturated heterocycles. The van der Waals surface area contributed by atoms with Gasteiger partial charge in [0.25, 0.3) is 0 Å². The number of nitrogens with one attached hydrogen (secondary N) is 1. The molecule has 5 heteroatoms. The highest BCUT2D eigenvalue weighted by Gasteiger charge is 2.13. The van der Waals surface area contributed by atoms with Crippen molar-refractivity contribution in [3.05, 3.63) is 34.9 Å². The quantitative estimate of drug-likeness (QED) is 0.894. The summed E-state index contributed by atoms with van der Waals surface area (Å²) in [4.78, 5) is 0. The molecule has 2 rings (SSSR count). The van der Waals surface area contributed by atoms with Gasteiger partial charge in [0.15, 0.2) is 0 Å². The molecule has 104 valence electrons. The number of hydrogen-bond acceptors (Lipinski definition) is 3. The zero-order valence-electron chi connectivity index (χ0n) is 12.4. The lowest BCUT2D eigenvalue weighted by atomic mass is 10.1. The van der Waals surface area contributed by atoms with Gasteiger partial charge in [0.2, 0.25) is 0 Å². The summed E-state index contributed by atoms with van der Waals surface area (Å²) < 4.78 is 3.80. The molecule has 0 aromatic carbocycles. The summed E-state index contributed by atoms with van der Waals surface area (Å²) in [6.45, 7) is 7.25. The minimum absolute atomic E-state index is 0.290. The zero-order valence-corrected chi connectivity index (χ0v) is 12.4. The van der Waals surface area contributed by atoms with Crippen LogP contribution >= 0.6 is 0 Å². The van der Waals surface area contributed by atoms with E-state index in [9.17, 15) is 0 Å². The lowest BCUT2D eigenvalue weighted by Gasteiger charge is -2.13. The highest BCUT2D eigenvalue weighted by atomic mass is 15.3. The van der Waals surface area contributed by atoms with Crippen molar-refractivity contribution in [1.82, 2.24) is 24.9 Å². The summed E-state index contributed by atoms with van der Waals surface area (Å²) in [6.07, 6.45) is 5.00. The molecule has 19 heavy (non-hydrogen) atoms. The molecule has 5 nitrogen and oxygen atoms in total. The van der Waals surface area contributed by atoms with Crippen molar-refractivity contribution >= 4 is 0 Å². The van der Waals surface area contributed by atoms with Crippen molar-refractivity contribution in [3.63, 3.8) is 0 Å². The second kappa shape index (κ2) is 5.57. The van der Waals surface area contributed by atoms with E-state index in [1.807, 2.05) is 29.7 Å². The van der Waals surface area contributed by atoms with Gasteiger partial charge in [-0.2, -0.15) is 10.2 Å². The van der Waals surface area contributed by atoms with Crippen LogP contribution in [-0.2, 0) is 27.1 Å². The van der Waals surface area contributed by atoms with Crippen LogP contribution in [0.1, 0.15) is 42.4 Å². The molecular weight excluding hydrogens is 238 g/mol. The van der Waals surface area contributed by atoms with Crippen LogP contribution in [0.5, 0.6) is 0 Å². The Balaban J connectivity index is 2.04. The molecule has 0 radical (unpaired) electrons. The molecule has 1 atom stereocenters. The first-order chi connectivity index (χ1) is 9.02. The maximum atomic E-state index is 4.46. The Bertz CT molecular complexity index is 552. The van der Waals surface area contributed by atoms with E-state index < -0.39 is 0 Å². The Morgan fingerprint density at radius 2 is 2.11 bits per heavy atom. The number of nitrogens with zero attached hydrogens (tertiary/aromatic N) is 4. The number of rotatable bonds is 5. The minimum atomic E-state index is 0.290. The Morgan fingerprint density at radius 1 is 1.37 bits per heavy atom.